The predicted octanol–water partition coefficient (Wildman–Crippen LogP) is 4.22. The van der Waals surface area contributed by atoms with Gasteiger partial charge in [0.1, 0.15) is 11.9 Å². The minimum atomic E-state index is -0.376. The van der Waals surface area contributed by atoms with Crippen LogP contribution in [0, 0.1) is 31.0 Å². The molecule has 0 spiro atoms. The quantitative estimate of drug-likeness (QED) is 0.901. The van der Waals surface area contributed by atoms with Crippen LogP contribution in [-0.4, -0.2) is 4.98 Å². The summed E-state index contributed by atoms with van der Waals surface area (Å²) in [6, 6.07) is 8.42. The maximum absolute atomic E-state index is 13.7. The third-order valence-corrected chi connectivity index (χ3v) is 3.13. The van der Waals surface area contributed by atoms with E-state index in [0.29, 0.717) is 22.6 Å². The van der Waals surface area contributed by atoms with Crippen LogP contribution >= 0.6 is 15.9 Å². The van der Waals surface area contributed by atoms with E-state index >= 15 is 0 Å². The number of nitrogens with one attached hydrogen (secondary N) is 1. The zero-order valence-electron chi connectivity index (χ0n) is 10.5. The van der Waals surface area contributed by atoms with E-state index in [1.165, 1.54) is 6.07 Å². The van der Waals surface area contributed by atoms with Crippen LogP contribution in [0.1, 0.15) is 17.0 Å². The van der Waals surface area contributed by atoms with Crippen LogP contribution in [0.3, 0.4) is 0 Å². The van der Waals surface area contributed by atoms with E-state index in [4.69, 9.17) is 5.26 Å². The molecule has 0 aliphatic heterocycles. The van der Waals surface area contributed by atoms with Crippen LogP contribution < -0.4 is 5.32 Å². The molecule has 19 heavy (non-hydrogen) atoms. The van der Waals surface area contributed by atoms with Crippen molar-refractivity contribution >= 4 is 27.3 Å². The van der Waals surface area contributed by atoms with Crippen molar-refractivity contribution in [2.24, 2.45) is 0 Å². The third-order valence-electron chi connectivity index (χ3n) is 2.64. The molecule has 0 atom stereocenters. The van der Waals surface area contributed by atoms with Gasteiger partial charge in [0.05, 0.1) is 22.6 Å². The number of benzene rings is 1. The normalized spacial score (nSPS) is 10.1. The summed E-state index contributed by atoms with van der Waals surface area (Å²) in [6.45, 7) is 3.59. The second kappa shape index (κ2) is 5.37. The van der Waals surface area contributed by atoms with Crippen LogP contribution in [0.5, 0.6) is 0 Å². The number of aryl methyl sites for hydroxylation is 2. The molecule has 0 aliphatic rings. The molecule has 1 heterocycles. The molecule has 0 aliphatic carbocycles. The maximum atomic E-state index is 13.7. The van der Waals surface area contributed by atoms with Gasteiger partial charge in [0.2, 0.25) is 0 Å². The number of anilines is 2. The highest BCUT2D eigenvalue weighted by Gasteiger charge is 2.10. The molecule has 0 radical (unpaired) electrons. The van der Waals surface area contributed by atoms with Crippen LogP contribution in [0.2, 0.25) is 0 Å². The Hall–Kier alpha value is -1.93. The molecule has 0 fully saturated rings. The Labute approximate surface area is 119 Å². The van der Waals surface area contributed by atoms with Crippen molar-refractivity contribution in [2.45, 2.75) is 13.8 Å². The first-order chi connectivity index (χ1) is 9.01. The van der Waals surface area contributed by atoms with Gasteiger partial charge in [0.25, 0.3) is 0 Å². The van der Waals surface area contributed by atoms with Crippen molar-refractivity contribution in [3.8, 4) is 6.07 Å². The highest BCUT2D eigenvalue weighted by Crippen LogP contribution is 2.27. The standard InChI is InChI=1S/C14H11BrFN3/c1-8-5-13(11(7-17)9(2)18-8)19-14-6-10(15)3-4-12(14)16/h3-6H,1-2H3,(H,18,19). The minimum absolute atomic E-state index is 0.316. The summed E-state index contributed by atoms with van der Waals surface area (Å²) in [5, 5.41) is 12.1. The molecular formula is C14H11BrFN3. The van der Waals surface area contributed by atoms with Crippen molar-refractivity contribution in [3.05, 3.63) is 51.5 Å². The zero-order chi connectivity index (χ0) is 14.0. The fourth-order valence-electron chi connectivity index (χ4n) is 1.81. The highest BCUT2D eigenvalue weighted by atomic mass is 79.9. The zero-order valence-corrected chi connectivity index (χ0v) is 12.0. The fraction of sp³-hybridized carbons (Fsp3) is 0.143. The lowest BCUT2D eigenvalue weighted by Gasteiger charge is -2.11. The lowest BCUT2D eigenvalue weighted by atomic mass is 10.1. The van der Waals surface area contributed by atoms with Gasteiger partial charge in [0.15, 0.2) is 0 Å². The number of halogens is 2. The number of hydrogen-bond acceptors (Lipinski definition) is 3. The predicted molar refractivity (Wildman–Crippen MR) is 75.8 cm³/mol. The molecule has 0 bridgehead atoms. The van der Waals surface area contributed by atoms with Crippen molar-refractivity contribution in [3.63, 3.8) is 0 Å². The molecule has 3 nitrogen and oxygen atoms in total. The van der Waals surface area contributed by atoms with Crippen molar-refractivity contribution in [2.75, 3.05) is 5.32 Å². The molecule has 0 amide bonds. The number of pyridine rings is 1. The first-order valence-corrected chi connectivity index (χ1v) is 6.41. The Morgan fingerprint density at radius 1 is 1.26 bits per heavy atom. The Morgan fingerprint density at radius 2 is 2.00 bits per heavy atom. The molecule has 96 valence electrons. The largest absolute Gasteiger partial charge is 0.352 e. The van der Waals surface area contributed by atoms with Gasteiger partial charge in [-0.05, 0) is 38.1 Å². The topological polar surface area (TPSA) is 48.7 Å². The van der Waals surface area contributed by atoms with Gasteiger partial charge in [-0.3, -0.25) is 4.98 Å². The summed E-state index contributed by atoms with van der Waals surface area (Å²) in [7, 11) is 0. The van der Waals surface area contributed by atoms with Gasteiger partial charge >= 0.3 is 0 Å². The SMILES string of the molecule is Cc1cc(Nc2cc(Br)ccc2F)c(C#N)c(C)n1. The molecule has 0 saturated carbocycles. The average molecular weight is 320 g/mol. The molecule has 0 unspecified atom stereocenters. The van der Waals surface area contributed by atoms with E-state index in [1.807, 2.05) is 6.92 Å². The van der Waals surface area contributed by atoms with Crippen molar-refractivity contribution in [1.29, 1.82) is 5.26 Å². The van der Waals surface area contributed by atoms with E-state index in [-0.39, 0.29) is 5.82 Å². The Morgan fingerprint density at radius 3 is 2.68 bits per heavy atom. The van der Waals surface area contributed by atoms with Crippen LogP contribution in [-0.2, 0) is 0 Å². The van der Waals surface area contributed by atoms with Gasteiger partial charge in [-0.1, -0.05) is 15.9 Å². The van der Waals surface area contributed by atoms with Gasteiger partial charge in [-0.15, -0.1) is 0 Å². The van der Waals surface area contributed by atoms with Gasteiger partial charge < -0.3 is 5.32 Å². The summed E-state index contributed by atoms with van der Waals surface area (Å²) in [4.78, 5) is 4.22. The van der Waals surface area contributed by atoms with E-state index < -0.39 is 0 Å². The van der Waals surface area contributed by atoms with Gasteiger partial charge in [-0.25, -0.2) is 4.39 Å². The van der Waals surface area contributed by atoms with E-state index in [0.717, 1.165) is 10.2 Å². The molecule has 2 rings (SSSR count). The molecule has 1 aromatic heterocycles. The monoisotopic (exact) mass is 319 g/mol. The smallest absolute Gasteiger partial charge is 0.146 e. The fourth-order valence-corrected chi connectivity index (χ4v) is 2.17. The number of nitrogens with zero attached hydrogens (tertiary/aromatic N) is 2. The maximum Gasteiger partial charge on any atom is 0.146 e. The average Bonchev–Trinajstić information content (AvgIpc) is 2.33. The highest BCUT2D eigenvalue weighted by molar-refractivity contribution is 9.10. The second-order valence-corrected chi connectivity index (χ2v) is 5.05. The molecule has 0 saturated heterocycles. The van der Waals surface area contributed by atoms with E-state index in [1.54, 1.807) is 25.1 Å². The number of nitriles is 1. The molecule has 1 N–H and O–H groups in total. The van der Waals surface area contributed by atoms with Crippen LogP contribution in [0.15, 0.2) is 28.7 Å². The summed E-state index contributed by atoms with van der Waals surface area (Å²) in [5.41, 5.74) is 2.69. The Balaban J connectivity index is 2.49. The lowest BCUT2D eigenvalue weighted by molar-refractivity contribution is 0.631. The van der Waals surface area contributed by atoms with Crippen molar-refractivity contribution in [1.82, 2.24) is 4.98 Å². The lowest BCUT2D eigenvalue weighted by Crippen LogP contribution is -2.01. The van der Waals surface area contributed by atoms with E-state index in [9.17, 15) is 4.39 Å². The summed E-state index contributed by atoms with van der Waals surface area (Å²) < 4.78 is 14.5. The molecule has 1 aromatic carbocycles. The minimum Gasteiger partial charge on any atom is -0.352 e. The van der Waals surface area contributed by atoms with Gasteiger partial charge in [0, 0.05) is 10.2 Å². The summed E-state index contributed by atoms with van der Waals surface area (Å²) in [5.74, 6) is -0.376. The molecule has 5 heteroatoms. The van der Waals surface area contributed by atoms with Crippen LogP contribution in [0.4, 0.5) is 15.8 Å². The molecule has 2 aromatic rings. The summed E-state index contributed by atoms with van der Waals surface area (Å²) in [6.07, 6.45) is 0. The Bertz CT molecular complexity index is 677. The first kappa shape index (κ1) is 13.5. The van der Waals surface area contributed by atoms with Gasteiger partial charge in [-0.2, -0.15) is 5.26 Å². The number of rotatable bonds is 2. The summed E-state index contributed by atoms with van der Waals surface area (Å²) >= 11 is 3.29. The van der Waals surface area contributed by atoms with Crippen LogP contribution in [0.25, 0.3) is 0 Å². The number of aromatic nitrogens is 1. The number of hydrogen-bond donors (Lipinski definition) is 1. The Kier molecular flexibility index (Phi) is 3.82. The molecular weight excluding hydrogens is 309 g/mol. The first-order valence-electron chi connectivity index (χ1n) is 5.61. The van der Waals surface area contributed by atoms with Crippen molar-refractivity contribution < 1.29 is 4.39 Å². The van der Waals surface area contributed by atoms with E-state index in [2.05, 4.69) is 32.3 Å². The third kappa shape index (κ3) is 2.91. The second-order valence-electron chi connectivity index (χ2n) is 4.13.